The molecule has 14 heavy (non-hydrogen) atoms. The first kappa shape index (κ1) is 11.4. The van der Waals surface area contributed by atoms with E-state index in [-0.39, 0.29) is 11.7 Å². The standard InChI is InChI=1S/C8H12IN3O2/c1-5(13)2-3-10-7-6(9)8(14)12-4-11-7/h4-5,13H,2-3H2,1H3,(H2,10,11,12,14). The van der Waals surface area contributed by atoms with Crippen molar-refractivity contribution in [1.29, 1.82) is 0 Å². The summed E-state index contributed by atoms with van der Waals surface area (Å²) in [6.07, 6.45) is 1.64. The fourth-order valence-electron chi connectivity index (χ4n) is 0.906. The molecular weight excluding hydrogens is 297 g/mol. The fraction of sp³-hybridized carbons (Fsp3) is 0.500. The molecule has 1 heterocycles. The van der Waals surface area contributed by atoms with Crippen LogP contribution < -0.4 is 10.9 Å². The molecule has 0 fully saturated rings. The Morgan fingerprint density at radius 3 is 3.14 bits per heavy atom. The van der Waals surface area contributed by atoms with E-state index in [0.29, 0.717) is 22.4 Å². The van der Waals surface area contributed by atoms with Crippen LogP contribution in [0, 0.1) is 3.57 Å². The second kappa shape index (κ2) is 5.30. The molecule has 1 unspecified atom stereocenters. The Hall–Kier alpha value is -0.630. The normalized spacial score (nSPS) is 12.5. The van der Waals surface area contributed by atoms with Gasteiger partial charge in [-0.05, 0) is 35.9 Å². The molecule has 78 valence electrons. The van der Waals surface area contributed by atoms with Crippen LogP contribution in [0.2, 0.25) is 0 Å². The highest BCUT2D eigenvalue weighted by molar-refractivity contribution is 14.1. The first-order valence-corrected chi connectivity index (χ1v) is 5.34. The average Bonchev–Trinajstić information content (AvgIpc) is 2.12. The van der Waals surface area contributed by atoms with Crippen molar-refractivity contribution in [2.24, 2.45) is 0 Å². The Morgan fingerprint density at radius 1 is 1.79 bits per heavy atom. The largest absolute Gasteiger partial charge is 0.393 e. The average molecular weight is 309 g/mol. The third-order valence-electron chi connectivity index (χ3n) is 1.65. The summed E-state index contributed by atoms with van der Waals surface area (Å²) < 4.78 is 0.538. The second-order valence-corrected chi connectivity index (χ2v) is 4.04. The zero-order valence-electron chi connectivity index (χ0n) is 7.75. The van der Waals surface area contributed by atoms with Crippen molar-refractivity contribution in [3.8, 4) is 0 Å². The lowest BCUT2D eigenvalue weighted by atomic mass is 10.3. The Morgan fingerprint density at radius 2 is 2.50 bits per heavy atom. The minimum Gasteiger partial charge on any atom is -0.393 e. The Balaban J connectivity index is 2.59. The third kappa shape index (κ3) is 3.26. The van der Waals surface area contributed by atoms with Gasteiger partial charge in [0.15, 0.2) is 0 Å². The maximum absolute atomic E-state index is 11.1. The summed E-state index contributed by atoms with van der Waals surface area (Å²) in [4.78, 5) is 17.6. The van der Waals surface area contributed by atoms with E-state index in [9.17, 15) is 4.79 Å². The highest BCUT2D eigenvalue weighted by Gasteiger charge is 2.04. The SMILES string of the molecule is CC(O)CCNc1nc[nH]c(=O)c1I. The van der Waals surface area contributed by atoms with Gasteiger partial charge in [0.25, 0.3) is 5.56 Å². The zero-order valence-corrected chi connectivity index (χ0v) is 9.91. The molecule has 0 aliphatic heterocycles. The van der Waals surface area contributed by atoms with Crippen molar-refractivity contribution in [3.05, 3.63) is 20.3 Å². The first-order valence-electron chi connectivity index (χ1n) is 4.26. The van der Waals surface area contributed by atoms with Gasteiger partial charge in [0.1, 0.15) is 9.39 Å². The van der Waals surface area contributed by atoms with Gasteiger partial charge in [0.2, 0.25) is 0 Å². The molecule has 0 amide bonds. The van der Waals surface area contributed by atoms with Crippen LogP contribution in [0.1, 0.15) is 13.3 Å². The molecule has 0 bridgehead atoms. The van der Waals surface area contributed by atoms with E-state index in [1.54, 1.807) is 6.92 Å². The Bertz CT molecular complexity index is 351. The van der Waals surface area contributed by atoms with Crippen LogP contribution >= 0.6 is 22.6 Å². The van der Waals surface area contributed by atoms with Crippen LogP contribution in [-0.2, 0) is 0 Å². The van der Waals surface area contributed by atoms with Crippen molar-refractivity contribution < 1.29 is 5.11 Å². The summed E-state index contributed by atoms with van der Waals surface area (Å²) in [5.74, 6) is 0.565. The molecule has 6 heteroatoms. The summed E-state index contributed by atoms with van der Waals surface area (Å²) >= 11 is 1.93. The van der Waals surface area contributed by atoms with Gasteiger partial charge in [-0.3, -0.25) is 4.79 Å². The molecule has 0 saturated carbocycles. The van der Waals surface area contributed by atoms with Crippen molar-refractivity contribution in [3.63, 3.8) is 0 Å². The van der Waals surface area contributed by atoms with Crippen LogP contribution in [0.3, 0.4) is 0 Å². The fourth-order valence-corrected chi connectivity index (χ4v) is 1.39. The minimum atomic E-state index is -0.345. The van der Waals surface area contributed by atoms with Gasteiger partial charge in [-0.2, -0.15) is 0 Å². The van der Waals surface area contributed by atoms with E-state index >= 15 is 0 Å². The molecule has 0 aliphatic carbocycles. The summed E-state index contributed by atoms with van der Waals surface area (Å²) in [5.41, 5.74) is -0.153. The molecule has 0 spiro atoms. The predicted molar refractivity (Wildman–Crippen MR) is 62.4 cm³/mol. The van der Waals surface area contributed by atoms with Gasteiger partial charge in [0, 0.05) is 6.54 Å². The number of nitrogens with zero attached hydrogens (tertiary/aromatic N) is 1. The van der Waals surface area contributed by atoms with Gasteiger partial charge in [0.05, 0.1) is 12.4 Å². The van der Waals surface area contributed by atoms with Gasteiger partial charge in [-0.15, -0.1) is 0 Å². The van der Waals surface area contributed by atoms with E-state index in [2.05, 4.69) is 15.3 Å². The molecule has 0 radical (unpaired) electrons. The number of halogens is 1. The van der Waals surface area contributed by atoms with Gasteiger partial charge in [-0.25, -0.2) is 4.98 Å². The van der Waals surface area contributed by atoms with Crippen LogP contribution in [0.5, 0.6) is 0 Å². The van der Waals surface area contributed by atoms with E-state index in [4.69, 9.17) is 5.11 Å². The lowest BCUT2D eigenvalue weighted by Gasteiger charge is -2.07. The van der Waals surface area contributed by atoms with Crippen molar-refractivity contribution in [2.45, 2.75) is 19.4 Å². The Kier molecular flexibility index (Phi) is 4.33. The van der Waals surface area contributed by atoms with Gasteiger partial charge < -0.3 is 15.4 Å². The van der Waals surface area contributed by atoms with Crippen molar-refractivity contribution in [2.75, 3.05) is 11.9 Å². The number of rotatable bonds is 4. The summed E-state index contributed by atoms with van der Waals surface area (Å²) in [6, 6.07) is 0. The zero-order chi connectivity index (χ0) is 10.6. The van der Waals surface area contributed by atoms with Crippen LogP contribution in [0.15, 0.2) is 11.1 Å². The molecular formula is C8H12IN3O2. The molecule has 1 aromatic heterocycles. The number of H-pyrrole nitrogens is 1. The highest BCUT2D eigenvalue weighted by atomic mass is 127. The van der Waals surface area contributed by atoms with E-state index < -0.39 is 0 Å². The first-order chi connectivity index (χ1) is 6.61. The molecule has 1 rings (SSSR count). The molecule has 0 aliphatic rings. The molecule has 1 aromatic rings. The molecule has 3 N–H and O–H groups in total. The lowest BCUT2D eigenvalue weighted by Crippen LogP contribution is -2.17. The van der Waals surface area contributed by atoms with Crippen molar-refractivity contribution in [1.82, 2.24) is 9.97 Å². The second-order valence-electron chi connectivity index (χ2n) is 2.96. The number of anilines is 1. The smallest absolute Gasteiger partial charge is 0.266 e. The number of aromatic amines is 1. The molecule has 0 aromatic carbocycles. The van der Waals surface area contributed by atoms with Crippen LogP contribution in [0.25, 0.3) is 0 Å². The number of hydrogen-bond acceptors (Lipinski definition) is 4. The van der Waals surface area contributed by atoms with Crippen molar-refractivity contribution >= 4 is 28.4 Å². The maximum atomic E-state index is 11.1. The number of aliphatic hydroxyl groups is 1. The number of hydrogen-bond donors (Lipinski definition) is 3. The van der Waals surface area contributed by atoms with Gasteiger partial charge in [-0.1, -0.05) is 0 Å². The van der Waals surface area contributed by atoms with E-state index in [1.807, 2.05) is 22.6 Å². The topological polar surface area (TPSA) is 78.0 Å². The molecule has 0 saturated heterocycles. The number of aromatic nitrogens is 2. The molecule has 5 nitrogen and oxygen atoms in total. The summed E-state index contributed by atoms with van der Waals surface area (Å²) in [5, 5.41) is 12.0. The monoisotopic (exact) mass is 309 g/mol. The highest BCUT2D eigenvalue weighted by Crippen LogP contribution is 2.08. The van der Waals surface area contributed by atoms with E-state index in [0.717, 1.165) is 0 Å². The van der Waals surface area contributed by atoms with Gasteiger partial charge >= 0.3 is 0 Å². The van der Waals surface area contributed by atoms with Crippen LogP contribution in [0.4, 0.5) is 5.82 Å². The van der Waals surface area contributed by atoms with Crippen LogP contribution in [-0.4, -0.2) is 27.7 Å². The predicted octanol–water partition coefficient (Wildman–Crippen LogP) is 0.557. The maximum Gasteiger partial charge on any atom is 0.266 e. The number of aliphatic hydroxyl groups excluding tert-OH is 1. The Labute approximate surface area is 95.1 Å². The van der Waals surface area contributed by atoms with E-state index in [1.165, 1.54) is 6.33 Å². The quantitative estimate of drug-likeness (QED) is 0.710. The number of nitrogens with one attached hydrogen (secondary N) is 2. The minimum absolute atomic E-state index is 0.153. The summed E-state index contributed by atoms with van der Waals surface area (Å²) in [6.45, 7) is 2.32. The molecule has 1 atom stereocenters. The summed E-state index contributed by atoms with van der Waals surface area (Å²) in [7, 11) is 0. The lowest BCUT2D eigenvalue weighted by molar-refractivity contribution is 0.188. The third-order valence-corrected chi connectivity index (χ3v) is 2.65.